The number of hydrogen-bond donors (Lipinski definition) is 2. The van der Waals surface area contributed by atoms with Gasteiger partial charge in [0.2, 0.25) is 0 Å². The maximum absolute atomic E-state index is 12.9. The summed E-state index contributed by atoms with van der Waals surface area (Å²) in [5.41, 5.74) is 5.60. The Kier molecular flexibility index (Phi) is 2.76. The molecule has 14 heavy (non-hydrogen) atoms. The largest absolute Gasteiger partial charge is 0.503 e. The maximum atomic E-state index is 12.9. The highest BCUT2D eigenvalue weighted by molar-refractivity contribution is 5.30. The fourth-order valence-electron chi connectivity index (χ4n) is 1.25. The molecule has 0 aliphatic carbocycles. The highest BCUT2D eigenvalue weighted by atomic mass is 19.1. The zero-order chi connectivity index (χ0) is 10.9. The third-order valence-corrected chi connectivity index (χ3v) is 1.74. The summed E-state index contributed by atoms with van der Waals surface area (Å²) < 4.78 is 25.8. The lowest BCUT2D eigenvalue weighted by atomic mass is 9.96. The van der Waals surface area contributed by atoms with E-state index < -0.39 is 22.9 Å². The smallest absolute Gasteiger partial charge is 0.187 e. The molecule has 0 aromatic heterocycles. The Balaban J connectivity index is 3.02. The highest BCUT2D eigenvalue weighted by Crippen LogP contribution is 2.23. The van der Waals surface area contributed by atoms with E-state index in [0.717, 1.165) is 12.1 Å². The number of benzene rings is 1. The fraction of sp³-hybridized carbons (Fsp3) is 0.400. The summed E-state index contributed by atoms with van der Waals surface area (Å²) in [5, 5.41) is 8.85. The van der Waals surface area contributed by atoms with Gasteiger partial charge in [0.1, 0.15) is 0 Å². The van der Waals surface area contributed by atoms with Crippen molar-refractivity contribution >= 4 is 0 Å². The first kappa shape index (κ1) is 10.9. The molecule has 4 heteroatoms. The summed E-state index contributed by atoms with van der Waals surface area (Å²) in [6, 6.07) is 2.18. The Labute approximate surface area is 81.4 Å². The summed E-state index contributed by atoms with van der Waals surface area (Å²) in [6.45, 7) is 3.52. The molecule has 0 unspecified atom stereocenters. The Morgan fingerprint density at radius 1 is 1.29 bits per heavy atom. The molecule has 0 heterocycles. The Morgan fingerprint density at radius 3 is 2.07 bits per heavy atom. The number of phenolic OH excluding ortho intramolecular Hbond substituents is 1. The first-order chi connectivity index (χ1) is 6.29. The van der Waals surface area contributed by atoms with Crippen molar-refractivity contribution in [3.63, 3.8) is 0 Å². The molecule has 1 aromatic carbocycles. The van der Waals surface area contributed by atoms with Gasteiger partial charge in [-0.15, -0.1) is 0 Å². The summed E-state index contributed by atoms with van der Waals surface area (Å²) in [6.07, 6.45) is 0.348. The first-order valence-corrected chi connectivity index (χ1v) is 4.25. The number of phenols is 1. The standard InChI is InChI=1S/C10H13F2NO/c1-10(2,13)5-6-3-7(11)9(14)8(12)4-6/h3-4,14H,5,13H2,1-2H3. The van der Waals surface area contributed by atoms with Gasteiger partial charge in [-0.3, -0.25) is 0 Å². The molecule has 1 aromatic rings. The van der Waals surface area contributed by atoms with E-state index in [-0.39, 0.29) is 0 Å². The van der Waals surface area contributed by atoms with E-state index in [1.54, 1.807) is 13.8 Å². The van der Waals surface area contributed by atoms with Gasteiger partial charge in [0, 0.05) is 5.54 Å². The van der Waals surface area contributed by atoms with Crippen LogP contribution in [0.25, 0.3) is 0 Å². The zero-order valence-corrected chi connectivity index (χ0v) is 8.14. The Morgan fingerprint density at radius 2 is 1.71 bits per heavy atom. The molecule has 78 valence electrons. The molecule has 0 radical (unpaired) electrons. The van der Waals surface area contributed by atoms with Crippen molar-refractivity contribution in [2.75, 3.05) is 0 Å². The van der Waals surface area contributed by atoms with Crippen molar-refractivity contribution in [1.82, 2.24) is 0 Å². The van der Waals surface area contributed by atoms with Crippen molar-refractivity contribution in [1.29, 1.82) is 0 Å². The summed E-state index contributed by atoms with van der Waals surface area (Å²) in [5.74, 6) is -2.85. The van der Waals surface area contributed by atoms with E-state index in [0.29, 0.717) is 12.0 Å². The van der Waals surface area contributed by atoms with E-state index in [2.05, 4.69) is 0 Å². The second kappa shape index (κ2) is 3.53. The van der Waals surface area contributed by atoms with Crippen LogP contribution in [0.15, 0.2) is 12.1 Å². The third-order valence-electron chi connectivity index (χ3n) is 1.74. The topological polar surface area (TPSA) is 46.2 Å². The van der Waals surface area contributed by atoms with Crippen LogP contribution in [-0.4, -0.2) is 10.6 Å². The van der Waals surface area contributed by atoms with E-state index in [1.165, 1.54) is 0 Å². The zero-order valence-electron chi connectivity index (χ0n) is 8.14. The minimum atomic E-state index is -0.954. The molecule has 3 N–H and O–H groups in total. The van der Waals surface area contributed by atoms with E-state index in [4.69, 9.17) is 10.8 Å². The van der Waals surface area contributed by atoms with Gasteiger partial charge in [0.05, 0.1) is 0 Å². The van der Waals surface area contributed by atoms with Crippen LogP contribution in [0.4, 0.5) is 8.78 Å². The molecule has 1 rings (SSSR count). The molecule has 2 nitrogen and oxygen atoms in total. The Bertz CT molecular complexity index is 321. The predicted molar refractivity (Wildman–Crippen MR) is 50.0 cm³/mol. The van der Waals surface area contributed by atoms with Gasteiger partial charge in [-0.05, 0) is 38.0 Å². The fourth-order valence-corrected chi connectivity index (χ4v) is 1.25. The van der Waals surface area contributed by atoms with Crippen molar-refractivity contribution in [3.05, 3.63) is 29.3 Å². The molecule has 0 saturated heterocycles. The molecular formula is C10H13F2NO. The van der Waals surface area contributed by atoms with Crippen LogP contribution in [0.3, 0.4) is 0 Å². The van der Waals surface area contributed by atoms with Gasteiger partial charge >= 0.3 is 0 Å². The van der Waals surface area contributed by atoms with Gasteiger partial charge in [0.15, 0.2) is 17.4 Å². The highest BCUT2D eigenvalue weighted by Gasteiger charge is 2.15. The lowest BCUT2D eigenvalue weighted by Gasteiger charge is -2.18. The molecule has 0 saturated carbocycles. The first-order valence-electron chi connectivity index (χ1n) is 4.25. The predicted octanol–water partition coefficient (Wildman–Crippen LogP) is 1.95. The van der Waals surface area contributed by atoms with Gasteiger partial charge < -0.3 is 10.8 Å². The SMILES string of the molecule is CC(C)(N)Cc1cc(F)c(O)c(F)c1. The van der Waals surface area contributed by atoms with Crippen LogP contribution in [0.1, 0.15) is 19.4 Å². The Hall–Kier alpha value is -1.16. The van der Waals surface area contributed by atoms with Crippen LogP contribution in [-0.2, 0) is 6.42 Å². The second-order valence-electron chi connectivity index (χ2n) is 4.07. The minimum absolute atomic E-state index is 0.348. The average Bonchev–Trinajstić information content (AvgIpc) is 1.96. The van der Waals surface area contributed by atoms with Gasteiger partial charge in [-0.25, -0.2) is 8.78 Å². The van der Waals surface area contributed by atoms with Crippen LogP contribution < -0.4 is 5.73 Å². The molecule has 0 fully saturated rings. The van der Waals surface area contributed by atoms with E-state index >= 15 is 0 Å². The number of aromatic hydroxyl groups is 1. The van der Waals surface area contributed by atoms with Crippen LogP contribution in [0.5, 0.6) is 5.75 Å². The minimum Gasteiger partial charge on any atom is -0.503 e. The normalized spacial score (nSPS) is 11.8. The van der Waals surface area contributed by atoms with Crippen LogP contribution in [0.2, 0.25) is 0 Å². The molecule has 0 bridgehead atoms. The van der Waals surface area contributed by atoms with Gasteiger partial charge in [-0.1, -0.05) is 0 Å². The van der Waals surface area contributed by atoms with Gasteiger partial charge in [-0.2, -0.15) is 0 Å². The number of nitrogens with two attached hydrogens (primary N) is 1. The number of halogens is 2. The van der Waals surface area contributed by atoms with Crippen LogP contribution in [0, 0.1) is 11.6 Å². The monoisotopic (exact) mass is 201 g/mol. The summed E-state index contributed by atoms with van der Waals surface area (Å²) in [4.78, 5) is 0. The maximum Gasteiger partial charge on any atom is 0.187 e. The van der Waals surface area contributed by atoms with Gasteiger partial charge in [0.25, 0.3) is 0 Å². The summed E-state index contributed by atoms with van der Waals surface area (Å²) >= 11 is 0. The molecule has 0 amide bonds. The lowest BCUT2D eigenvalue weighted by molar-refractivity contribution is 0.394. The van der Waals surface area contributed by atoms with Crippen molar-refractivity contribution in [2.24, 2.45) is 5.73 Å². The number of rotatable bonds is 2. The van der Waals surface area contributed by atoms with Crippen molar-refractivity contribution in [2.45, 2.75) is 25.8 Å². The lowest BCUT2D eigenvalue weighted by Crippen LogP contribution is -2.34. The third kappa shape index (κ3) is 2.67. The summed E-state index contributed by atoms with van der Waals surface area (Å²) in [7, 11) is 0. The second-order valence-corrected chi connectivity index (χ2v) is 4.07. The van der Waals surface area contributed by atoms with Crippen LogP contribution >= 0.6 is 0 Å². The molecule has 0 aliphatic heterocycles. The molecular weight excluding hydrogens is 188 g/mol. The van der Waals surface area contributed by atoms with E-state index in [1.807, 2.05) is 0 Å². The molecule has 0 atom stereocenters. The van der Waals surface area contributed by atoms with Crippen molar-refractivity contribution < 1.29 is 13.9 Å². The average molecular weight is 201 g/mol. The van der Waals surface area contributed by atoms with E-state index in [9.17, 15) is 8.78 Å². The molecule has 0 spiro atoms. The molecule has 0 aliphatic rings. The van der Waals surface area contributed by atoms with Crippen molar-refractivity contribution in [3.8, 4) is 5.75 Å². The quantitative estimate of drug-likeness (QED) is 0.768. The number of hydrogen-bond acceptors (Lipinski definition) is 2.